The number of hydrogen-bond donors (Lipinski definition) is 0. The van der Waals surface area contributed by atoms with E-state index < -0.39 is 0 Å². The topological polar surface area (TPSA) is 32.5 Å². The molecule has 10 aromatic rings. The maximum Gasteiger partial charge on any atom is 0.227 e. The van der Waals surface area contributed by atoms with Gasteiger partial charge in [0.05, 0.1) is 27.4 Å². The Morgan fingerprint density at radius 1 is 0.426 bits per heavy atom. The molecule has 0 saturated heterocycles. The maximum atomic E-state index is 6.84. The van der Waals surface area contributed by atoms with Crippen LogP contribution in [0.4, 0.5) is 34.1 Å². The summed E-state index contributed by atoms with van der Waals surface area (Å²) in [5, 5.41) is 2.51. The van der Waals surface area contributed by atoms with Gasteiger partial charge in [0.25, 0.3) is 0 Å². The van der Waals surface area contributed by atoms with Crippen LogP contribution in [0.3, 0.4) is 0 Å². The summed E-state index contributed by atoms with van der Waals surface area (Å²) < 4.78 is 9.33. The number of benzene rings is 8. The first-order valence-corrected chi connectivity index (χ1v) is 18.9. The molecule has 0 N–H and O–H groups in total. The Hall–Kier alpha value is -6.95. The molecule has 0 aliphatic heterocycles. The van der Waals surface area contributed by atoms with Crippen molar-refractivity contribution >= 4 is 76.7 Å². The molecule has 2 heterocycles. The molecule has 8 aromatic carbocycles. The van der Waals surface area contributed by atoms with Crippen LogP contribution in [0.2, 0.25) is 0 Å². The van der Waals surface area contributed by atoms with Gasteiger partial charge in [-0.3, -0.25) is 0 Å². The fourth-order valence-corrected chi connectivity index (χ4v) is 8.63. The van der Waals surface area contributed by atoms with Gasteiger partial charge in [-0.1, -0.05) is 133 Å². The van der Waals surface area contributed by atoms with Crippen LogP contribution in [0.25, 0.3) is 53.9 Å². The molecule has 0 radical (unpaired) electrons. The van der Waals surface area contributed by atoms with Crippen LogP contribution in [0.1, 0.15) is 0 Å². The number of para-hydroxylation sites is 3. The van der Waals surface area contributed by atoms with E-state index in [4.69, 9.17) is 9.40 Å². The molecule has 2 aromatic heterocycles. The van der Waals surface area contributed by atoms with E-state index in [1.54, 1.807) is 0 Å². The second kappa shape index (κ2) is 13.6. The zero-order valence-electron chi connectivity index (χ0n) is 29.2. The molecule has 4 nitrogen and oxygen atoms in total. The average molecular weight is 712 g/mol. The van der Waals surface area contributed by atoms with Gasteiger partial charge in [0.2, 0.25) is 5.89 Å². The molecule has 0 amide bonds. The molecular formula is C49H33N3OS. The lowest BCUT2D eigenvalue weighted by atomic mass is 10.0. The van der Waals surface area contributed by atoms with Crippen molar-refractivity contribution < 1.29 is 4.42 Å². The quantitative estimate of drug-likeness (QED) is 0.157. The number of hydrogen-bond acceptors (Lipinski definition) is 5. The van der Waals surface area contributed by atoms with Gasteiger partial charge in [-0.15, -0.1) is 11.3 Å². The van der Waals surface area contributed by atoms with E-state index in [0.717, 1.165) is 56.3 Å². The van der Waals surface area contributed by atoms with Crippen LogP contribution in [0.5, 0.6) is 0 Å². The molecule has 0 fully saturated rings. The van der Waals surface area contributed by atoms with Crippen LogP contribution in [0, 0.1) is 0 Å². The lowest BCUT2D eigenvalue weighted by Crippen LogP contribution is -2.14. The van der Waals surface area contributed by atoms with E-state index in [0.29, 0.717) is 11.5 Å². The minimum absolute atomic E-state index is 0.575. The Balaban J connectivity index is 1.29. The number of oxazole rings is 1. The predicted octanol–water partition coefficient (Wildman–Crippen LogP) is 14.5. The third-order valence-corrected chi connectivity index (χ3v) is 11.1. The minimum Gasteiger partial charge on any atom is -0.434 e. The highest BCUT2D eigenvalue weighted by Crippen LogP contribution is 2.49. The number of anilines is 6. The fourth-order valence-electron chi connectivity index (χ4n) is 7.43. The summed E-state index contributed by atoms with van der Waals surface area (Å²) >= 11 is 1.83. The molecule has 0 aliphatic carbocycles. The zero-order valence-corrected chi connectivity index (χ0v) is 30.0. The van der Waals surface area contributed by atoms with Gasteiger partial charge in [-0.05, 0) is 72.3 Å². The van der Waals surface area contributed by atoms with Gasteiger partial charge in [0, 0.05) is 38.0 Å². The second-order valence-corrected chi connectivity index (χ2v) is 14.2. The SMILES string of the molecule is c1ccc(-c2nc3cc(N(c4ccccc4)c4cccc5c4sc4ccccc45)cc(N(c4ccccc4)c4ccccc4-c4ccccc4)c3o2)cc1. The first kappa shape index (κ1) is 31.8. The highest BCUT2D eigenvalue weighted by Gasteiger charge is 2.26. The summed E-state index contributed by atoms with van der Waals surface area (Å²) in [7, 11) is 0. The number of nitrogens with zero attached hydrogens (tertiary/aromatic N) is 3. The largest absolute Gasteiger partial charge is 0.434 e. The fraction of sp³-hybridized carbons (Fsp3) is 0. The first-order valence-electron chi connectivity index (χ1n) is 18.1. The monoisotopic (exact) mass is 711 g/mol. The van der Waals surface area contributed by atoms with Gasteiger partial charge >= 0.3 is 0 Å². The van der Waals surface area contributed by atoms with Crippen LogP contribution < -0.4 is 9.80 Å². The van der Waals surface area contributed by atoms with E-state index in [2.05, 4.69) is 180 Å². The summed E-state index contributed by atoms with van der Waals surface area (Å²) in [6, 6.07) is 70.2. The second-order valence-electron chi connectivity index (χ2n) is 13.2. The highest BCUT2D eigenvalue weighted by molar-refractivity contribution is 7.26. The minimum atomic E-state index is 0.575. The standard InChI is InChI=1S/C49H33N3OS/c1-5-18-34(19-6-1)39-26-13-15-29-43(39)52(37-24-11-4-12-25-37)45-33-38(32-42-47(45)53-49(50-42)35-20-7-2-8-21-35)51(36-22-9-3-10-23-36)44-30-17-28-41-40-27-14-16-31-46(40)54-48(41)44/h1-33H. The Kier molecular flexibility index (Phi) is 7.97. The van der Waals surface area contributed by atoms with Crippen molar-refractivity contribution in [2.24, 2.45) is 0 Å². The van der Waals surface area contributed by atoms with Crippen LogP contribution >= 0.6 is 11.3 Å². The predicted molar refractivity (Wildman–Crippen MR) is 227 cm³/mol. The van der Waals surface area contributed by atoms with Crippen molar-refractivity contribution in [1.82, 2.24) is 4.98 Å². The summed E-state index contributed by atoms with van der Waals surface area (Å²) in [4.78, 5) is 9.89. The summed E-state index contributed by atoms with van der Waals surface area (Å²) in [5.41, 5.74) is 10.7. The molecule has 0 bridgehead atoms. The number of aromatic nitrogens is 1. The van der Waals surface area contributed by atoms with Crippen molar-refractivity contribution in [2.45, 2.75) is 0 Å². The average Bonchev–Trinajstić information content (AvgIpc) is 3.86. The van der Waals surface area contributed by atoms with Gasteiger partial charge in [-0.2, -0.15) is 0 Å². The molecule has 5 heteroatoms. The van der Waals surface area contributed by atoms with E-state index >= 15 is 0 Å². The van der Waals surface area contributed by atoms with Crippen molar-refractivity contribution in [3.05, 3.63) is 200 Å². The van der Waals surface area contributed by atoms with E-state index in [9.17, 15) is 0 Å². The zero-order chi connectivity index (χ0) is 35.8. The molecule has 256 valence electrons. The van der Waals surface area contributed by atoms with E-state index in [1.165, 1.54) is 20.2 Å². The Bertz CT molecular complexity index is 2890. The molecule has 10 rings (SSSR count). The lowest BCUT2D eigenvalue weighted by molar-refractivity contribution is 0.620. The van der Waals surface area contributed by atoms with Crippen LogP contribution in [0.15, 0.2) is 205 Å². The lowest BCUT2D eigenvalue weighted by Gasteiger charge is -2.30. The summed E-state index contributed by atoms with van der Waals surface area (Å²) in [5.74, 6) is 0.575. The summed E-state index contributed by atoms with van der Waals surface area (Å²) in [6.07, 6.45) is 0. The highest BCUT2D eigenvalue weighted by atomic mass is 32.1. The third-order valence-electron chi connectivity index (χ3n) is 9.86. The molecular weight excluding hydrogens is 679 g/mol. The van der Waals surface area contributed by atoms with Gasteiger partial charge < -0.3 is 14.2 Å². The third kappa shape index (κ3) is 5.59. The van der Waals surface area contributed by atoms with Crippen molar-refractivity contribution in [1.29, 1.82) is 0 Å². The van der Waals surface area contributed by atoms with Crippen molar-refractivity contribution in [3.63, 3.8) is 0 Å². The Morgan fingerprint density at radius 3 is 1.74 bits per heavy atom. The first-order chi connectivity index (χ1) is 26.8. The van der Waals surface area contributed by atoms with Crippen molar-refractivity contribution in [2.75, 3.05) is 9.80 Å². The molecule has 0 unspecified atom stereocenters. The summed E-state index contributed by atoms with van der Waals surface area (Å²) in [6.45, 7) is 0. The van der Waals surface area contributed by atoms with E-state index in [1.807, 2.05) is 41.7 Å². The molecule has 0 saturated carbocycles. The van der Waals surface area contributed by atoms with Gasteiger partial charge in [0.1, 0.15) is 5.52 Å². The molecule has 54 heavy (non-hydrogen) atoms. The molecule has 0 aliphatic rings. The van der Waals surface area contributed by atoms with Crippen LogP contribution in [-0.2, 0) is 0 Å². The number of thiophene rings is 1. The van der Waals surface area contributed by atoms with Gasteiger partial charge in [0.15, 0.2) is 5.58 Å². The van der Waals surface area contributed by atoms with Crippen LogP contribution in [-0.4, -0.2) is 4.98 Å². The molecule has 0 spiro atoms. The maximum absolute atomic E-state index is 6.84. The number of fused-ring (bicyclic) bond motifs is 4. The molecule has 0 atom stereocenters. The van der Waals surface area contributed by atoms with Crippen molar-refractivity contribution in [3.8, 4) is 22.6 Å². The Labute approximate surface area is 317 Å². The van der Waals surface area contributed by atoms with E-state index in [-0.39, 0.29) is 0 Å². The Morgan fingerprint density at radius 2 is 1.00 bits per heavy atom. The van der Waals surface area contributed by atoms with Gasteiger partial charge in [-0.25, -0.2) is 4.98 Å². The number of rotatable bonds is 8. The normalized spacial score (nSPS) is 11.3. The smallest absolute Gasteiger partial charge is 0.227 e.